The van der Waals surface area contributed by atoms with Crippen molar-refractivity contribution in [2.24, 2.45) is 0 Å². The first-order valence-corrected chi connectivity index (χ1v) is 7.19. The summed E-state index contributed by atoms with van der Waals surface area (Å²) in [6.07, 6.45) is 1.40. The Bertz CT molecular complexity index is 490. The topological polar surface area (TPSA) is 61.4 Å². The number of amides is 2. The molecule has 1 aromatic carbocycles. The van der Waals surface area contributed by atoms with Crippen molar-refractivity contribution in [3.05, 3.63) is 35.4 Å². The molecule has 2 rings (SSSR count). The lowest BCUT2D eigenvalue weighted by atomic mass is 10.1. The molecule has 116 valence electrons. The fourth-order valence-electron chi connectivity index (χ4n) is 2.40. The summed E-state index contributed by atoms with van der Waals surface area (Å²) in [4.78, 5) is 11.6. The number of hydrogen-bond acceptors (Lipinski definition) is 2. The van der Waals surface area contributed by atoms with Crippen molar-refractivity contribution >= 4 is 6.03 Å². The van der Waals surface area contributed by atoms with Crippen LogP contribution in [0.1, 0.15) is 37.7 Å². The van der Waals surface area contributed by atoms with E-state index in [1.807, 2.05) is 6.92 Å². The van der Waals surface area contributed by atoms with Gasteiger partial charge in [0.25, 0.3) is 0 Å². The Morgan fingerprint density at radius 3 is 2.71 bits per heavy atom. The van der Waals surface area contributed by atoms with E-state index in [9.17, 15) is 18.7 Å². The molecule has 4 nitrogen and oxygen atoms in total. The molecule has 6 heteroatoms. The molecule has 1 aromatic rings. The maximum Gasteiger partial charge on any atom is 0.315 e. The second-order valence-corrected chi connectivity index (χ2v) is 5.38. The molecule has 3 atom stereocenters. The average Bonchev–Trinajstić information content (AvgIpc) is 3.15. The second-order valence-electron chi connectivity index (χ2n) is 5.38. The monoisotopic (exact) mass is 298 g/mol. The third kappa shape index (κ3) is 4.14. The van der Waals surface area contributed by atoms with Crippen LogP contribution < -0.4 is 10.6 Å². The fourth-order valence-corrected chi connectivity index (χ4v) is 2.40. The highest BCUT2D eigenvalue weighted by molar-refractivity contribution is 5.75. The Balaban J connectivity index is 1.80. The highest BCUT2D eigenvalue weighted by Gasteiger charge is 2.42. The second kappa shape index (κ2) is 6.85. The minimum absolute atomic E-state index is 0.0359. The van der Waals surface area contributed by atoms with E-state index >= 15 is 0 Å². The number of urea groups is 1. The summed E-state index contributed by atoms with van der Waals surface area (Å²) in [6, 6.07) is 3.07. The molecule has 0 aromatic heterocycles. The molecule has 3 unspecified atom stereocenters. The van der Waals surface area contributed by atoms with Gasteiger partial charge in [-0.1, -0.05) is 19.4 Å². The summed E-state index contributed by atoms with van der Waals surface area (Å²) in [5.74, 6) is -1.48. The van der Waals surface area contributed by atoms with Gasteiger partial charge < -0.3 is 15.7 Å². The van der Waals surface area contributed by atoms with E-state index in [2.05, 4.69) is 10.6 Å². The van der Waals surface area contributed by atoms with Gasteiger partial charge in [0.2, 0.25) is 0 Å². The molecular formula is C15H20F2N2O2. The first-order chi connectivity index (χ1) is 10.0. The molecule has 1 fully saturated rings. The SMILES string of the molecule is CCCC(O)CNC(=O)NC1CC1c1c(F)cccc1F. The van der Waals surface area contributed by atoms with E-state index in [0.717, 1.165) is 6.42 Å². The zero-order chi connectivity index (χ0) is 15.4. The quantitative estimate of drug-likeness (QED) is 0.754. The zero-order valence-corrected chi connectivity index (χ0v) is 11.9. The smallest absolute Gasteiger partial charge is 0.315 e. The molecule has 3 N–H and O–H groups in total. The van der Waals surface area contributed by atoms with Crippen molar-refractivity contribution < 1.29 is 18.7 Å². The van der Waals surface area contributed by atoms with E-state index < -0.39 is 23.8 Å². The normalized spacial score (nSPS) is 21.7. The van der Waals surface area contributed by atoms with Crippen molar-refractivity contribution in [2.45, 2.75) is 44.2 Å². The van der Waals surface area contributed by atoms with Gasteiger partial charge in [-0.05, 0) is 25.0 Å². The molecule has 0 saturated heterocycles. The van der Waals surface area contributed by atoms with Crippen LogP contribution in [0.15, 0.2) is 18.2 Å². The van der Waals surface area contributed by atoms with E-state index in [4.69, 9.17) is 0 Å². The van der Waals surface area contributed by atoms with Crippen molar-refractivity contribution in [3.63, 3.8) is 0 Å². The van der Waals surface area contributed by atoms with Crippen LogP contribution in [-0.4, -0.2) is 29.8 Å². The van der Waals surface area contributed by atoms with Gasteiger partial charge in [-0.25, -0.2) is 13.6 Å². The van der Waals surface area contributed by atoms with Gasteiger partial charge in [0, 0.05) is 24.1 Å². The Hall–Kier alpha value is -1.69. The number of benzene rings is 1. The van der Waals surface area contributed by atoms with E-state index in [1.165, 1.54) is 18.2 Å². The molecule has 0 spiro atoms. The number of halogens is 2. The highest BCUT2D eigenvalue weighted by atomic mass is 19.1. The summed E-state index contributed by atoms with van der Waals surface area (Å²) in [5.41, 5.74) is 0.0359. The van der Waals surface area contributed by atoms with Crippen LogP contribution in [0.5, 0.6) is 0 Å². The molecule has 0 heterocycles. The number of nitrogens with one attached hydrogen (secondary N) is 2. The minimum atomic E-state index is -0.580. The lowest BCUT2D eigenvalue weighted by Gasteiger charge is -2.11. The lowest BCUT2D eigenvalue weighted by Crippen LogP contribution is -2.41. The molecular weight excluding hydrogens is 278 g/mol. The maximum absolute atomic E-state index is 13.6. The highest BCUT2D eigenvalue weighted by Crippen LogP contribution is 2.42. The molecule has 0 radical (unpaired) electrons. The van der Waals surface area contributed by atoms with Crippen LogP contribution in [0.3, 0.4) is 0 Å². The minimum Gasteiger partial charge on any atom is -0.391 e. The van der Waals surface area contributed by atoms with E-state index in [-0.39, 0.29) is 24.1 Å². The molecule has 1 aliphatic carbocycles. The first kappa shape index (κ1) is 15.7. The Morgan fingerprint density at radius 1 is 1.43 bits per heavy atom. The van der Waals surface area contributed by atoms with Crippen molar-refractivity contribution in [1.82, 2.24) is 10.6 Å². The number of rotatable bonds is 6. The van der Waals surface area contributed by atoms with Crippen LogP contribution in [0.25, 0.3) is 0 Å². The van der Waals surface area contributed by atoms with Gasteiger partial charge in [0.05, 0.1) is 6.10 Å². The van der Waals surface area contributed by atoms with Crippen molar-refractivity contribution in [2.75, 3.05) is 6.54 Å². The number of aliphatic hydroxyl groups excluding tert-OH is 1. The molecule has 21 heavy (non-hydrogen) atoms. The lowest BCUT2D eigenvalue weighted by molar-refractivity contribution is 0.160. The van der Waals surface area contributed by atoms with E-state index in [1.54, 1.807) is 0 Å². The van der Waals surface area contributed by atoms with Crippen LogP contribution >= 0.6 is 0 Å². The molecule has 0 bridgehead atoms. The largest absolute Gasteiger partial charge is 0.391 e. The Morgan fingerprint density at radius 2 is 2.10 bits per heavy atom. The summed E-state index contributed by atoms with van der Waals surface area (Å²) in [7, 11) is 0. The number of aliphatic hydroxyl groups is 1. The average molecular weight is 298 g/mol. The van der Waals surface area contributed by atoms with Gasteiger partial charge in [-0.15, -0.1) is 0 Å². The summed E-state index contributed by atoms with van der Waals surface area (Å²) in [6.45, 7) is 2.12. The third-order valence-electron chi connectivity index (χ3n) is 3.60. The molecule has 1 aliphatic rings. The third-order valence-corrected chi connectivity index (χ3v) is 3.60. The van der Waals surface area contributed by atoms with Gasteiger partial charge in [0.15, 0.2) is 0 Å². The number of carbonyl (C=O) groups excluding carboxylic acids is 1. The fraction of sp³-hybridized carbons (Fsp3) is 0.533. The predicted octanol–water partition coefficient (Wildman–Crippen LogP) is 2.28. The maximum atomic E-state index is 13.6. The summed E-state index contributed by atoms with van der Waals surface area (Å²) < 4.78 is 27.2. The van der Waals surface area contributed by atoms with E-state index in [0.29, 0.717) is 12.8 Å². The van der Waals surface area contributed by atoms with Gasteiger partial charge in [-0.2, -0.15) is 0 Å². The standard InChI is InChI=1S/C15H20F2N2O2/c1-2-4-9(20)8-18-15(21)19-13-7-10(13)14-11(16)5-3-6-12(14)17/h3,5-6,9-10,13,20H,2,4,7-8H2,1H3,(H2,18,19,21). The molecule has 2 amide bonds. The number of carbonyl (C=O) groups is 1. The van der Waals surface area contributed by atoms with Crippen molar-refractivity contribution in [1.29, 1.82) is 0 Å². The molecule has 0 aliphatic heterocycles. The predicted molar refractivity (Wildman–Crippen MR) is 75.0 cm³/mol. The van der Waals surface area contributed by atoms with Gasteiger partial charge >= 0.3 is 6.03 Å². The zero-order valence-electron chi connectivity index (χ0n) is 11.9. The summed E-state index contributed by atoms with van der Waals surface area (Å²) >= 11 is 0. The first-order valence-electron chi connectivity index (χ1n) is 7.19. The number of hydrogen-bond donors (Lipinski definition) is 3. The van der Waals surface area contributed by atoms with Crippen molar-refractivity contribution in [3.8, 4) is 0 Å². The van der Waals surface area contributed by atoms with Crippen LogP contribution in [-0.2, 0) is 0 Å². The van der Waals surface area contributed by atoms with Crippen LogP contribution in [0.2, 0.25) is 0 Å². The van der Waals surface area contributed by atoms with Crippen LogP contribution in [0, 0.1) is 11.6 Å². The van der Waals surface area contributed by atoms with Gasteiger partial charge in [-0.3, -0.25) is 0 Å². The van der Waals surface area contributed by atoms with Crippen LogP contribution in [0.4, 0.5) is 13.6 Å². The van der Waals surface area contributed by atoms with Gasteiger partial charge in [0.1, 0.15) is 11.6 Å². The Kier molecular flexibility index (Phi) is 5.12. The Labute approximate surface area is 122 Å². The molecule has 1 saturated carbocycles. The summed E-state index contributed by atoms with van der Waals surface area (Å²) in [5, 5.41) is 14.7.